The van der Waals surface area contributed by atoms with E-state index in [4.69, 9.17) is 25.8 Å². The number of nitrogens with one attached hydrogen (secondary N) is 1. The van der Waals surface area contributed by atoms with E-state index in [0.29, 0.717) is 17.1 Å². The van der Waals surface area contributed by atoms with E-state index in [2.05, 4.69) is 15.5 Å². The summed E-state index contributed by atoms with van der Waals surface area (Å²) in [5.41, 5.74) is -0.719. The highest BCUT2D eigenvalue weighted by Gasteiger charge is 2.50. The van der Waals surface area contributed by atoms with Gasteiger partial charge in [0.25, 0.3) is 0 Å². The molecule has 1 aromatic carbocycles. The van der Waals surface area contributed by atoms with Crippen molar-refractivity contribution in [2.75, 3.05) is 32.8 Å². The zero-order valence-electron chi connectivity index (χ0n) is 14.3. The van der Waals surface area contributed by atoms with Gasteiger partial charge in [0.1, 0.15) is 23.5 Å². The number of rotatable bonds is 6. The van der Waals surface area contributed by atoms with E-state index in [1.54, 1.807) is 12.1 Å². The van der Waals surface area contributed by atoms with E-state index in [-0.39, 0.29) is 18.4 Å². The molecule has 2 heterocycles. The van der Waals surface area contributed by atoms with Gasteiger partial charge in [0, 0.05) is 19.8 Å². The van der Waals surface area contributed by atoms with E-state index in [1.807, 2.05) is 0 Å². The van der Waals surface area contributed by atoms with Gasteiger partial charge in [0.05, 0.1) is 19.3 Å². The Morgan fingerprint density at radius 3 is 2.58 bits per heavy atom. The average molecular weight is 384 g/mol. The molecule has 0 amide bonds. The van der Waals surface area contributed by atoms with Crippen molar-refractivity contribution in [1.29, 1.82) is 0 Å². The molecule has 1 aromatic heterocycles. The minimum absolute atomic E-state index is 0.0727. The van der Waals surface area contributed by atoms with Gasteiger partial charge >= 0.3 is 0 Å². The molecule has 0 saturated heterocycles. The Labute approximate surface area is 155 Å². The number of hydrogen-bond donors (Lipinski definition) is 2. The van der Waals surface area contributed by atoms with Crippen LogP contribution in [0.25, 0.3) is 0 Å². The van der Waals surface area contributed by atoms with Gasteiger partial charge in [-0.1, -0.05) is 11.6 Å². The molecule has 140 valence electrons. The van der Waals surface area contributed by atoms with Crippen molar-refractivity contribution < 1.29 is 23.7 Å². The predicted octanol–water partition coefficient (Wildman–Crippen LogP) is 2.21. The Kier molecular flexibility index (Phi) is 5.57. The number of ether oxygens (including phenoxy) is 3. The number of aromatic nitrogens is 2. The van der Waals surface area contributed by atoms with Crippen LogP contribution in [0.15, 0.2) is 30.3 Å². The molecule has 0 spiro atoms. The lowest BCUT2D eigenvalue weighted by Crippen LogP contribution is -2.60. The monoisotopic (exact) mass is 383 g/mol. The van der Waals surface area contributed by atoms with Crippen molar-refractivity contribution in [3.63, 3.8) is 0 Å². The Bertz CT molecular complexity index is 756. The number of methoxy groups -OCH3 is 2. The van der Waals surface area contributed by atoms with Crippen LogP contribution in [0.5, 0.6) is 5.75 Å². The number of hydrogen-bond acceptors (Lipinski definition) is 7. The van der Waals surface area contributed by atoms with E-state index in [1.165, 1.54) is 32.4 Å². The summed E-state index contributed by atoms with van der Waals surface area (Å²) in [7, 11) is 3.00. The second kappa shape index (κ2) is 7.71. The first-order chi connectivity index (χ1) is 12.5. The fourth-order valence-electron chi connectivity index (χ4n) is 3.08. The van der Waals surface area contributed by atoms with Gasteiger partial charge in [-0.05, 0) is 30.3 Å². The van der Waals surface area contributed by atoms with Gasteiger partial charge in [-0.25, -0.2) is 4.39 Å². The molecule has 2 unspecified atom stereocenters. The first-order valence-electron chi connectivity index (χ1n) is 7.89. The predicted molar refractivity (Wildman–Crippen MR) is 92.9 cm³/mol. The van der Waals surface area contributed by atoms with Crippen molar-refractivity contribution in [3.8, 4) is 5.75 Å². The van der Waals surface area contributed by atoms with Gasteiger partial charge < -0.3 is 24.6 Å². The molecule has 1 aliphatic heterocycles. The molecule has 2 aromatic rings. The zero-order valence-corrected chi connectivity index (χ0v) is 15.0. The third-order valence-corrected chi connectivity index (χ3v) is 4.39. The first-order valence-corrected chi connectivity index (χ1v) is 8.27. The highest BCUT2D eigenvalue weighted by Crippen LogP contribution is 2.42. The molecule has 0 fully saturated rings. The van der Waals surface area contributed by atoms with Crippen LogP contribution < -0.4 is 10.1 Å². The summed E-state index contributed by atoms with van der Waals surface area (Å²) in [4.78, 5) is 0. The largest absolute Gasteiger partial charge is 0.479 e. The van der Waals surface area contributed by atoms with Gasteiger partial charge in [0.2, 0.25) is 0 Å². The topological polar surface area (TPSA) is 85.7 Å². The first kappa shape index (κ1) is 18.8. The standard InChI is InChI=1S/C17H19ClFN3O4/c1-24-8-17(9-25-2)16(23)15(20-14-6-5-13(18)21-22-14)11-7-10(19)3-4-12(11)26-17/h3-7,15-16,23H,8-9H2,1-2H3,(H,20,22). The molecule has 9 heteroatoms. The Morgan fingerprint density at radius 2 is 1.96 bits per heavy atom. The Hall–Kier alpha value is -2.00. The number of halogens is 2. The molecule has 2 atom stereocenters. The second-order valence-corrected chi connectivity index (χ2v) is 6.41. The third-order valence-electron chi connectivity index (χ3n) is 4.19. The van der Waals surface area contributed by atoms with Crippen molar-refractivity contribution in [3.05, 3.63) is 46.9 Å². The van der Waals surface area contributed by atoms with Gasteiger partial charge in [0.15, 0.2) is 10.8 Å². The van der Waals surface area contributed by atoms with Crippen molar-refractivity contribution in [2.45, 2.75) is 17.7 Å². The zero-order chi connectivity index (χ0) is 18.7. The van der Waals surface area contributed by atoms with Crippen molar-refractivity contribution in [2.24, 2.45) is 0 Å². The number of nitrogens with zero attached hydrogens (tertiary/aromatic N) is 2. The molecule has 26 heavy (non-hydrogen) atoms. The Morgan fingerprint density at radius 1 is 1.23 bits per heavy atom. The molecule has 0 aliphatic carbocycles. The quantitative estimate of drug-likeness (QED) is 0.790. The van der Waals surface area contributed by atoms with Crippen LogP contribution in [-0.2, 0) is 9.47 Å². The lowest BCUT2D eigenvalue weighted by Gasteiger charge is -2.45. The fraction of sp³-hybridized carbons (Fsp3) is 0.412. The number of fused-ring (bicyclic) bond motifs is 1. The normalized spacial score (nSPS) is 21.0. The smallest absolute Gasteiger partial charge is 0.183 e. The second-order valence-electron chi connectivity index (χ2n) is 6.02. The molecule has 0 bridgehead atoms. The highest BCUT2D eigenvalue weighted by atomic mass is 35.5. The summed E-state index contributed by atoms with van der Waals surface area (Å²) < 4.78 is 30.3. The summed E-state index contributed by atoms with van der Waals surface area (Å²) in [6.45, 7) is 0.145. The molecule has 2 N–H and O–H groups in total. The van der Waals surface area contributed by atoms with Crippen LogP contribution in [0.2, 0.25) is 5.15 Å². The lowest BCUT2D eigenvalue weighted by atomic mass is 9.84. The average Bonchev–Trinajstić information content (AvgIpc) is 2.62. The third kappa shape index (κ3) is 3.59. The van der Waals surface area contributed by atoms with Crippen LogP contribution >= 0.6 is 11.6 Å². The van der Waals surface area contributed by atoms with Gasteiger partial charge in [-0.3, -0.25) is 0 Å². The van der Waals surface area contributed by atoms with Crippen LogP contribution in [0.3, 0.4) is 0 Å². The van der Waals surface area contributed by atoms with Gasteiger partial charge in [-0.2, -0.15) is 0 Å². The van der Waals surface area contributed by atoms with Crippen LogP contribution in [0.4, 0.5) is 10.2 Å². The van der Waals surface area contributed by atoms with Crippen molar-refractivity contribution >= 4 is 17.4 Å². The molecular formula is C17H19ClFN3O4. The lowest BCUT2D eigenvalue weighted by molar-refractivity contribution is -0.142. The van der Waals surface area contributed by atoms with Crippen LogP contribution in [0, 0.1) is 5.82 Å². The molecule has 0 saturated carbocycles. The summed E-state index contributed by atoms with van der Waals surface area (Å²) in [5.74, 6) is 0.351. The van der Waals surface area contributed by atoms with E-state index in [0.717, 1.165) is 0 Å². The van der Waals surface area contributed by atoms with E-state index < -0.39 is 23.6 Å². The van der Waals surface area contributed by atoms with Gasteiger partial charge in [-0.15, -0.1) is 10.2 Å². The van der Waals surface area contributed by atoms with E-state index >= 15 is 0 Å². The molecular weight excluding hydrogens is 365 g/mol. The maximum atomic E-state index is 13.8. The highest BCUT2D eigenvalue weighted by molar-refractivity contribution is 6.29. The summed E-state index contributed by atoms with van der Waals surface area (Å²) in [6, 6.07) is 6.56. The summed E-state index contributed by atoms with van der Waals surface area (Å²) in [5, 5.41) is 22.1. The number of aliphatic hydroxyl groups excluding tert-OH is 1. The number of aliphatic hydroxyl groups is 1. The minimum Gasteiger partial charge on any atom is -0.479 e. The maximum Gasteiger partial charge on any atom is 0.183 e. The maximum absolute atomic E-state index is 13.8. The SMILES string of the molecule is COCC1(COC)Oc2ccc(F)cc2C(Nc2ccc(Cl)nn2)C1O. The Balaban J connectivity index is 2.03. The summed E-state index contributed by atoms with van der Waals surface area (Å²) in [6.07, 6.45) is -1.12. The molecule has 3 rings (SSSR count). The van der Waals surface area contributed by atoms with E-state index in [9.17, 15) is 9.50 Å². The number of anilines is 1. The summed E-state index contributed by atoms with van der Waals surface area (Å²) >= 11 is 5.76. The van der Waals surface area contributed by atoms with Crippen molar-refractivity contribution in [1.82, 2.24) is 10.2 Å². The van der Waals surface area contributed by atoms with Crippen LogP contribution in [-0.4, -0.2) is 54.4 Å². The van der Waals surface area contributed by atoms with Crippen LogP contribution in [0.1, 0.15) is 11.6 Å². The molecule has 1 aliphatic rings. The molecule has 0 radical (unpaired) electrons. The minimum atomic E-state index is -1.17. The fourth-order valence-corrected chi connectivity index (χ4v) is 3.18. The number of benzene rings is 1. The molecule has 7 nitrogen and oxygen atoms in total.